The van der Waals surface area contributed by atoms with Gasteiger partial charge in [0, 0.05) is 29.4 Å². The average molecular weight is 461 g/mol. The van der Waals surface area contributed by atoms with Crippen molar-refractivity contribution in [3.8, 4) is 11.4 Å². The summed E-state index contributed by atoms with van der Waals surface area (Å²) in [4.78, 5) is 33.0. The van der Waals surface area contributed by atoms with Crippen LogP contribution in [0.2, 0.25) is 0 Å². The lowest BCUT2D eigenvalue weighted by Gasteiger charge is -2.22. The topological polar surface area (TPSA) is 108 Å². The molecule has 0 unspecified atom stereocenters. The molecule has 0 radical (unpaired) electrons. The molecule has 3 heterocycles. The third-order valence-electron chi connectivity index (χ3n) is 5.42. The van der Waals surface area contributed by atoms with E-state index in [4.69, 9.17) is 0 Å². The van der Waals surface area contributed by atoms with Gasteiger partial charge in [-0.2, -0.15) is 18.4 Å². The molecule has 164 valence electrons. The Kier molecular flexibility index (Phi) is 4.65. The Morgan fingerprint density at radius 2 is 1.88 bits per heavy atom. The van der Waals surface area contributed by atoms with Crippen molar-refractivity contribution in [2.45, 2.75) is 35.3 Å². The zero-order valence-electron chi connectivity index (χ0n) is 16.2. The lowest BCUT2D eigenvalue weighted by molar-refractivity contribution is -0.120. The molecule has 32 heavy (non-hydrogen) atoms. The number of halogens is 3. The van der Waals surface area contributed by atoms with Gasteiger partial charge in [0.2, 0.25) is 5.82 Å². The van der Waals surface area contributed by atoms with Crippen LogP contribution >= 0.6 is 11.8 Å². The largest absolute Gasteiger partial charge is 0.446 e. The number of aromatic nitrogens is 5. The Bertz CT molecular complexity index is 1180. The van der Waals surface area contributed by atoms with Crippen LogP contribution in [-0.4, -0.2) is 53.5 Å². The van der Waals surface area contributed by atoms with Gasteiger partial charge in [-0.3, -0.25) is 9.78 Å². The molecule has 2 aromatic heterocycles. The lowest BCUT2D eigenvalue weighted by atomic mass is 10.1. The molecule has 5 rings (SSSR count). The quantitative estimate of drug-likeness (QED) is 0.458. The van der Waals surface area contributed by atoms with Gasteiger partial charge in [0.25, 0.3) is 5.91 Å². The Morgan fingerprint density at radius 1 is 1.12 bits per heavy atom. The number of aromatic amines is 1. The molecular formula is C19H14F3N7O2S. The minimum absolute atomic E-state index is 0.0279. The number of tetrazole rings is 1. The van der Waals surface area contributed by atoms with E-state index >= 15 is 0 Å². The molecule has 1 saturated heterocycles. The maximum absolute atomic E-state index is 13.3. The smallest absolute Gasteiger partial charge is 0.305 e. The van der Waals surface area contributed by atoms with E-state index in [2.05, 4.69) is 25.6 Å². The molecule has 2 fully saturated rings. The maximum Gasteiger partial charge on any atom is 0.446 e. The second-order valence-corrected chi connectivity index (χ2v) is 8.49. The molecule has 1 aliphatic carbocycles. The summed E-state index contributed by atoms with van der Waals surface area (Å²) in [5.74, 6) is -0.0700. The van der Waals surface area contributed by atoms with E-state index in [1.165, 1.54) is 29.2 Å². The fourth-order valence-corrected chi connectivity index (χ4v) is 4.31. The minimum atomic E-state index is -4.42. The van der Waals surface area contributed by atoms with Crippen LogP contribution in [0.25, 0.3) is 11.4 Å². The van der Waals surface area contributed by atoms with Gasteiger partial charge in [0.1, 0.15) is 5.54 Å². The van der Waals surface area contributed by atoms with Gasteiger partial charge in [-0.1, -0.05) is 0 Å². The second kappa shape index (κ2) is 7.29. The Morgan fingerprint density at radius 3 is 2.50 bits per heavy atom. The molecule has 1 saturated carbocycles. The molecule has 1 spiro atoms. The number of thioether (sulfide) groups is 1. The molecule has 0 bridgehead atoms. The van der Waals surface area contributed by atoms with Crippen LogP contribution in [0, 0.1) is 0 Å². The fraction of sp³-hybridized carbons (Fsp3) is 0.263. The third kappa shape index (κ3) is 3.47. The first-order valence-corrected chi connectivity index (χ1v) is 10.3. The summed E-state index contributed by atoms with van der Waals surface area (Å²) < 4.78 is 37.8. The third-order valence-corrected chi connectivity index (χ3v) is 6.16. The molecule has 1 aromatic carbocycles. The molecule has 1 aliphatic heterocycles. The number of amides is 3. The SMILES string of the molecule is O=C1N(c2ccc(SC(F)(F)F)cc2)C(=O)C2(CC2)N1Cc1ccncc1-c1nn[nH]n1. The highest BCUT2D eigenvalue weighted by Gasteiger charge is 2.65. The number of carbonyl (C=O) groups is 2. The van der Waals surface area contributed by atoms with Gasteiger partial charge < -0.3 is 4.90 Å². The predicted molar refractivity (Wildman–Crippen MR) is 106 cm³/mol. The van der Waals surface area contributed by atoms with Gasteiger partial charge in [0.15, 0.2) is 0 Å². The Hall–Kier alpha value is -3.48. The van der Waals surface area contributed by atoms with E-state index in [-0.39, 0.29) is 34.8 Å². The molecule has 3 amide bonds. The predicted octanol–water partition coefficient (Wildman–Crippen LogP) is 3.38. The molecule has 13 heteroatoms. The van der Waals surface area contributed by atoms with Gasteiger partial charge in [-0.15, -0.1) is 10.2 Å². The zero-order chi connectivity index (χ0) is 22.5. The van der Waals surface area contributed by atoms with Crippen molar-refractivity contribution in [3.63, 3.8) is 0 Å². The molecule has 2 aliphatic rings. The van der Waals surface area contributed by atoms with E-state index in [0.29, 0.717) is 29.8 Å². The summed E-state index contributed by atoms with van der Waals surface area (Å²) in [6.07, 6.45) is 4.14. The summed E-state index contributed by atoms with van der Waals surface area (Å²) >= 11 is -0.256. The number of imide groups is 1. The summed E-state index contributed by atoms with van der Waals surface area (Å²) in [5.41, 5.74) is -3.88. The highest BCUT2D eigenvalue weighted by Crippen LogP contribution is 2.50. The van der Waals surface area contributed by atoms with Crippen LogP contribution in [0.3, 0.4) is 0 Å². The number of nitrogens with one attached hydrogen (secondary N) is 1. The number of anilines is 1. The van der Waals surface area contributed by atoms with Gasteiger partial charge >= 0.3 is 11.5 Å². The number of benzene rings is 1. The molecule has 0 atom stereocenters. The van der Waals surface area contributed by atoms with E-state index in [0.717, 1.165) is 4.90 Å². The Labute approximate surface area is 183 Å². The molecule has 9 nitrogen and oxygen atoms in total. The summed E-state index contributed by atoms with van der Waals surface area (Å²) in [6.45, 7) is 0.121. The number of urea groups is 1. The molecular weight excluding hydrogens is 447 g/mol. The highest BCUT2D eigenvalue weighted by atomic mass is 32.2. The van der Waals surface area contributed by atoms with Gasteiger partial charge in [0.05, 0.1) is 5.69 Å². The monoisotopic (exact) mass is 461 g/mol. The maximum atomic E-state index is 13.3. The number of rotatable bonds is 5. The fourth-order valence-electron chi connectivity index (χ4n) is 3.77. The van der Waals surface area contributed by atoms with E-state index in [1.807, 2.05) is 0 Å². The van der Waals surface area contributed by atoms with E-state index in [1.54, 1.807) is 18.5 Å². The number of hydrogen-bond donors (Lipinski definition) is 1. The van der Waals surface area contributed by atoms with Crippen LogP contribution < -0.4 is 4.90 Å². The summed E-state index contributed by atoms with van der Waals surface area (Å²) in [7, 11) is 0. The summed E-state index contributed by atoms with van der Waals surface area (Å²) in [5, 5.41) is 13.8. The molecule has 1 N–H and O–H groups in total. The van der Waals surface area contributed by atoms with Crippen LogP contribution in [0.4, 0.5) is 23.7 Å². The second-order valence-electron chi connectivity index (χ2n) is 7.35. The van der Waals surface area contributed by atoms with Crippen molar-refractivity contribution in [3.05, 3.63) is 48.3 Å². The summed E-state index contributed by atoms with van der Waals surface area (Å²) in [6, 6.07) is 6.37. The van der Waals surface area contributed by atoms with Crippen molar-refractivity contribution >= 4 is 29.4 Å². The van der Waals surface area contributed by atoms with Crippen LogP contribution in [0.15, 0.2) is 47.6 Å². The number of nitrogens with zero attached hydrogens (tertiary/aromatic N) is 6. The standard InChI is InChI=1S/C19H14F3N7O2S/c20-19(21,22)32-13-3-1-12(2-4-13)29-16(30)18(6-7-18)28(17(29)31)10-11-5-8-23-9-14(11)15-24-26-27-25-15/h1-5,8-9H,6-7,10H2,(H,24,25,26,27). The van der Waals surface area contributed by atoms with Crippen LogP contribution in [0.5, 0.6) is 0 Å². The van der Waals surface area contributed by atoms with Crippen LogP contribution in [-0.2, 0) is 11.3 Å². The normalized spacial score (nSPS) is 17.5. The highest BCUT2D eigenvalue weighted by molar-refractivity contribution is 8.00. The van der Waals surface area contributed by atoms with Gasteiger partial charge in [-0.05, 0) is 65.7 Å². The van der Waals surface area contributed by atoms with Crippen molar-refractivity contribution in [1.82, 2.24) is 30.5 Å². The zero-order valence-corrected chi connectivity index (χ0v) is 17.0. The number of alkyl halides is 3. The number of H-pyrrole nitrogens is 1. The first-order chi connectivity index (χ1) is 15.3. The number of pyridine rings is 1. The van der Waals surface area contributed by atoms with Crippen molar-refractivity contribution in [2.75, 3.05) is 4.90 Å². The number of hydrogen-bond acceptors (Lipinski definition) is 7. The first kappa shape index (κ1) is 20.4. The van der Waals surface area contributed by atoms with Crippen molar-refractivity contribution in [1.29, 1.82) is 0 Å². The Balaban J connectivity index is 1.43. The van der Waals surface area contributed by atoms with Crippen molar-refractivity contribution in [2.24, 2.45) is 0 Å². The van der Waals surface area contributed by atoms with E-state index < -0.39 is 17.1 Å². The lowest BCUT2D eigenvalue weighted by Crippen LogP contribution is -2.36. The molecule has 3 aromatic rings. The van der Waals surface area contributed by atoms with Crippen molar-refractivity contribution < 1.29 is 22.8 Å². The average Bonchev–Trinajstić information content (AvgIpc) is 3.31. The number of carbonyl (C=O) groups excluding carboxylic acids is 2. The van der Waals surface area contributed by atoms with Gasteiger partial charge in [-0.25, -0.2) is 9.69 Å². The van der Waals surface area contributed by atoms with Crippen LogP contribution in [0.1, 0.15) is 18.4 Å². The van der Waals surface area contributed by atoms with E-state index in [9.17, 15) is 22.8 Å². The minimum Gasteiger partial charge on any atom is -0.305 e. The first-order valence-electron chi connectivity index (χ1n) is 9.47.